The molecule has 1 fully saturated rings. The highest BCUT2D eigenvalue weighted by atomic mass is 16.1. The van der Waals surface area contributed by atoms with Crippen LogP contribution in [0, 0.1) is 11.8 Å². The normalized spacial score (nSPS) is 18.2. The lowest BCUT2D eigenvalue weighted by Gasteiger charge is -2.22. The minimum atomic E-state index is -0.449. The highest BCUT2D eigenvalue weighted by Crippen LogP contribution is 2.27. The van der Waals surface area contributed by atoms with Crippen LogP contribution in [0.2, 0.25) is 0 Å². The van der Waals surface area contributed by atoms with E-state index in [0.717, 1.165) is 37.5 Å². The summed E-state index contributed by atoms with van der Waals surface area (Å²) in [7, 11) is 0. The van der Waals surface area contributed by atoms with Crippen molar-refractivity contribution in [3.63, 3.8) is 0 Å². The third-order valence-electron chi connectivity index (χ3n) is 3.84. The van der Waals surface area contributed by atoms with Crippen LogP contribution < -0.4 is 0 Å². The van der Waals surface area contributed by atoms with E-state index in [1.165, 1.54) is 6.42 Å². The minimum Gasteiger partial charge on any atom is -0.303 e. The molecule has 0 heterocycles. The first-order valence-corrected chi connectivity index (χ1v) is 6.84. The van der Waals surface area contributed by atoms with Crippen LogP contribution in [0.15, 0.2) is 30.3 Å². The quantitative estimate of drug-likeness (QED) is 0.589. The van der Waals surface area contributed by atoms with Gasteiger partial charge >= 0.3 is 0 Å². The van der Waals surface area contributed by atoms with E-state index in [9.17, 15) is 9.59 Å². The van der Waals surface area contributed by atoms with Crippen molar-refractivity contribution in [2.24, 2.45) is 11.8 Å². The van der Waals surface area contributed by atoms with Gasteiger partial charge in [0.25, 0.3) is 0 Å². The van der Waals surface area contributed by atoms with Gasteiger partial charge in [0.15, 0.2) is 0 Å². The van der Waals surface area contributed by atoms with Crippen LogP contribution in [0.1, 0.15) is 37.7 Å². The van der Waals surface area contributed by atoms with Crippen LogP contribution in [0.5, 0.6) is 0 Å². The summed E-state index contributed by atoms with van der Waals surface area (Å²) in [5.41, 5.74) is 1.07. The summed E-state index contributed by atoms with van der Waals surface area (Å²) in [4.78, 5) is 23.5. The largest absolute Gasteiger partial charge is 0.303 e. The highest BCUT2D eigenvalue weighted by molar-refractivity contribution is 5.95. The molecule has 0 amide bonds. The van der Waals surface area contributed by atoms with Crippen molar-refractivity contribution < 1.29 is 9.59 Å². The Hall–Kier alpha value is -1.44. The number of hydrogen-bond acceptors (Lipinski definition) is 2. The molecule has 1 aromatic carbocycles. The molecule has 1 saturated carbocycles. The fourth-order valence-electron chi connectivity index (χ4n) is 2.77. The molecule has 18 heavy (non-hydrogen) atoms. The van der Waals surface area contributed by atoms with Crippen LogP contribution >= 0.6 is 0 Å². The molecule has 1 aliphatic carbocycles. The van der Waals surface area contributed by atoms with Gasteiger partial charge in [-0.15, -0.1) is 0 Å². The number of carbonyl (C=O) groups excluding carboxylic acids is 2. The summed E-state index contributed by atoms with van der Waals surface area (Å²) in [6, 6.07) is 9.79. The average Bonchev–Trinajstić information content (AvgIpc) is 2.46. The molecule has 0 N–H and O–H groups in total. The zero-order valence-corrected chi connectivity index (χ0v) is 10.7. The molecule has 1 aromatic rings. The summed E-state index contributed by atoms with van der Waals surface area (Å²) in [6.07, 6.45) is 6.83. The van der Waals surface area contributed by atoms with Gasteiger partial charge in [0, 0.05) is 5.92 Å². The summed E-state index contributed by atoms with van der Waals surface area (Å²) < 4.78 is 0. The topological polar surface area (TPSA) is 34.1 Å². The Kier molecular flexibility index (Phi) is 4.68. The van der Waals surface area contributed by atoms with Gasteiger partial charge in [-0.2, -0.15) is 0 Å². The second kappa shape index (κ2) is 6.48. The summed E-state index contributed by atoms with van der Waals surface area (Å²) in [5.74, 6) is -0.165. The predicted octanol–water partition coefficient (Wildman–Crippen LogP) is 3.19. The van der Waals surface area contributed by atoms with Crippen molar-refractivity contribution in [1.82, 2.24) is 0 Å². The summed E-state index contributed by atoms with van der Waals surface area (Å²) in [5, 5.41) is 0. The Bertz CT molecular complexity index is 391. The number of Topliss-reactive ketones (excluding diaryl/α,β-unsaturated/α-hetero) is 1. The van der Waals surface area contributed by atoms with Gasteiger partial charge < -0.3 is 4.79 Å². The SMILES string of the molecule is O=CC(Cc1ccccc1)C(=O)C1CCCCC1. The maximum absolute atomic E-state index is 12.3. The maximum atomic E-state index is 12.3. The van der Waals surface area contributed by atoms with Gasteiger partial charge in [-0.3, -0.25) is 4.79 Å². The van der Waals surface area contributed by atoms with E-state index in [1.54, 1.807) is 0 Å². The number of aldehydes is 1. The smallest absolute Gasteiger partial charge is 0.146 e. The zero-order chi connectivity index (χ0) is 12.8. The first kappa shape index (κ1) is 13.0. The average molecular weight is 244 g/mol. The van der Waals surface area contributed by atoms with Gasteiger partial charge in [0.2, 0.25) is 0 Å². The van der Waals surface area contributed by atoms with Gasteiger partial charge in [-0.05, 0) is 24.8 Å². The van der Waals surface area contributed by atoms with E-state index < -0.39 is 5.92 Å². The number of benzene rings is 1. The zero-order valence-electron chi connectivity index (χ0n) is 10.7. The molecule has 1 unspecified atom stereocenters. The molecule has 0 aliphatic heterocycles. The van der Waals surface area contributed by atoms with Crippen molar-refractivity contribution in [3.05, 3.63) is 35.9 Å². The highest BCUT2D eigenvalue weighted by Gasteiger charge is 2.27. The molecular formula is C16H20O2. The van der Waals surface area contributed by atoms with Gasteiger partial charge in [0.05, 0.1) is 5.92 Å². The van der Waals surface area contributed by atoms with E-state index in [4.69, 9.17) is 0 Å². The molecule has 0 saturated heterocycles. The summed E-state index contributed by atoms with van der Waals surface area (Å²) >= 11 is 0. The van der Waals surface area contributed by atoms with Gasteiger partial charge in [-0.1, -0.05) is 49.6 Å². The van der Waals surface area contributed by atoms with Crippen LogP contribution in [0.25, 0.3) is 0 Å². The Labute approximate surface area is 108 Å². The third kappa shape index (κ3) is 3.28. The Morgan fingerprint density at radius 3 is 2.44 bits per heavy atom. The molecule has 0 spiro atoms. The van der Waals surface area contributed by atoms with E-state index in [0.29, 0.717) is 6.42 Å². The van der Waals surface area contributed by atoms with E-state index in [1.807, 2.05) is 30.3 Å². The molecule has 2 nitrogen and oxygen atoms in total. The second-order valence-corrected chi connectivity index (χ2v) is 5.17. The monoisotopic (exact) mass is 244 g/mol. The maximum Gasteiger partial charge on any atom is 0.146 e. The van der Waals surface area contributed by atoms with Crippen LogP contribution in [0.3, 0.4) is 0 Å². The molecule has 96 valence electrons. The molecule has 0 aromatic heterocycles. The van der Waals surface area contributed by atoms with Gasteiger partial charge in [-0.25, -0.2) is 0 Å². The van der Waals surface area contributed by atoms with Crippen LogP contribution in [-0.4, -0.2) is 12.1 Å². The predicted molar refractivity (Wildman–Crippen MR) is 71.3 cm³/mol. The first-order valence-electron chi connectivity index (χ1n) is 6.84. The van der Waals surface area contributed by atoms with Crippen molar-refractivity contribution >= 4 is 12.1 Å². The summed E-state index contributed by atoms with van der Waals surface area (Å²) in [6.45, 7) is 0. The van der Waals surface area contributed by atoms with Crippen molar-refractivity contribution in [1.29, 1.82) is 0 Å². The van der Waals surface area contributed by atoms with Crippen LogP contribution in [-0.2, 0) is 16.0 Å². The van der Waals surface area contributed by atoms with Crippen LogP contribution in [0.4, 0.5) is 0 Å². The second-order valence-electron chi connectivity index (χ2n) is 5.17. The number of ketones is 1. The van der Waals surface area contributed by atoms with Crippen molar-refractivity contribution in [3.8, 4) is 0 Å². The molecule has 0 bridgehead atoms. The first-order chi connectivity index (χ1) is 8.81. The molecule has 1 atom stereocenters. The molecular weight excluding hydrogens is 224 g/mol. The molecule has 2 rings (SSSR count). The fourth-order valence-corrected chi connectivity index (χ4v) is 2.77. The van der Waals surface area contributed by atoms with Crippen molar-refractivity contribution in [2.75, 3.05) is 0 Å². The molecule has 2 heteroatoms. The van der Waals surface area contributed by atoms with E-state index in [-0.39, 0.29) is 11.7 Å². The number of hydrogen-bond donors (Lipinski definition) is 0. The Morgan fingerprint density at radius 1 is 1.17 bits per heavy atom. The third-order valence-corrected chi connectivity index (χ3v) is 3.84. The van der Waals surface area contributed by atoms with Gasteiger partial charge in [0.1, 0.15) is 12.1 Å². The lowest BCUT2D eigenvalue weighted by atomic mass is 9.80. The Balaban J connectivity index is 1.99. The lowest BCUT2D eigenvalue weighted by molar-refractivity contribution is -0.131. The molecule has 1 aliphatic rings. The van der Waals surface area contributed by atoms with E-state index >= 15 is 0 Å². The van der Waals surface area contributed by atoms with E-state index in [2.05, 4.69) is 0 Å². The van der Waals surface area contributed by atoms with Crippen molar-refractivity contribution in [2.45, 2.75) is 38.5 Å². The number of carbonyl (C=O) groups is 2. The standard InChI is InChI=1S/C16H20O2/c17-12-15(11-13-7-3-1-4-8-13)16(18)14-9-5-2-6-10-14/h1,3-4,7-8,12,14-15H,2,5-6,9-11H2. The number of rotatable bonds is 5. The lowest BCUT2D eigenvalue weighted by Crippen LogP contribution is -2.28. The minimum absolute atomic E-state index is 0.123. The Morgan fingerprint density at radius 2 is 1.83 bits per heavy atom. The molecule has 0 radical (unpaired) electrons. The fraction of sp³-hybridized carbons (Fsp3) is 0.500.